The molecule has 0 radical (unpaired) electrons. The predicted octanol–water partition coefficient (Wildman–Crippen LogP) is 4.14. The van der Waals surface area contributed by atoms with Crippen LogP contribution in [-0.2, 0) is 0 Å². The zero-order valence-electron chi connectivity index (χ0n) is 14.9. The molecule has 0 aromatic heterocycles. The molecule has 3 aromatic carbocycles. The second-order valence-corrected chi connectivity index (χ2v) is 6.47. The van der Waals surface area contributed by atoms with Gasteiger partial charge in [0.2, 0.25) is 0 Å². The summed E-state index contributed by atoms with van der Waals surface area (Å²) in [4.78, 5) is 27.7. The molecule has 27 heavy (non-hydrogen) atoms. The number of benzene rings is 3. The quantitative estimate of drug-likeness (QED) is 0.509. The number of methoxy groups -OCH3 is 1. The van der Waals surface area contributed by atoms with E-state index < -0.39 is 6.04 Å². The van der Waals surface area contributed by atoms with Crippen molar-refractivity contribution in [1.82, 2.24) is 4.90 Å². The number of ketones is 1. The Labute approximate surface area is 158 Å². The maximum absolute atomic E-state index is 13.0. The highest BCUT2D eigenvalue weighted by Crippen LogP contribution is 2.46. The lowest BCUT2D eigenvalue weighted by Crippen LogP contribution is -2.19. The molecular formula is C23H19NO3. The van der Waals surface area contributed by atoms with Crippen LogP contribution in [0.2, 0.25) is 0 Å². The molecule has 1 amide bonds. The van der Waals surface area contributed by atoms with Crippen molar-refractivity contribution in [2.24, 2.45) is 0 Å². The van der Waals surface area contributed by atoms with Gasteiger partial charge in [-0.25, -0.2) is 0 Å². The largest absolute Gasteiger partial charge is 0.497 e. The van der Waals surface area contributed by atoms with Crippen LogP contribution < -0.4 is 4.74 Å². The van der Waals surface area contributed by atoms with E-state index in [1.165, 1.54) is 0 Å². The molecule has 1 saturated heterocycles. The van der Waals surface area contributed by atoms with Gasteiger partial charge < -0.3 is 9.64 Å². The molecule has 4 heteroatoms. The molecule has 4 nitrogen and oxygen atoms in total. The minimum atomic E-state index is -0.492. The fourth-order valence-electron chi connectivity index (χ4n) is 3.40. The van der Waals surface area contributed by atoms with Gasteiger partial charge in [0.05, 0.1) is 13.2 Å². The Kier molecular flexibility index (Phi) is 4.47. The normalized spacial score (nSPS) is 18.0. The molecule has 0 N–H and O–H groups in total. The van der Waals surface area contributed by atoms with E-state index in [-0.39, 0.29) is 17.7 Å². The molecular weight excluding hydrogens is 338 g/mol. The lowest BCUT2D eigenvalue weighted by atomic mass is 10.0. The fourth-order valence-corrected chi connectivity index (χ4v) is 3.40. The number of Topliss-reactive ketones (excluding diaryl/α,β-unsaturated/α-hetero) is 1. The molecule has 0 bridgehead atoms. The Morgan fingerprint density at radius 3 is 1.89 bits per heavy atom. The SMILES string of the molecule is COc1ccc([C@@H]2[C@@H](C(=O)c3ccccc3)N2C(=O)c2ccccc2)cc1. The van der Waals surface area contributed by atoms with E-state index >= 15 is 0 Å². The number of amides is 1. The van der Waals surface area contributed by atoms with E-state index in [2.05, 4.69) is 0 Å². The number of carbonyl (C=O) groups excluding carboxylic acids is 2. The van der Waals surface area contributed by atoms with Crippen molar-refractivity contribution < 1.29 is 14.3 Å². The van der Waals surface area contributed by atoms with Crippen LogP contribution in [0.4, 0.5) is 0 Å². The Hall–Kier alpha value is -3.40. The first-order valence-electron chi connectivity index (χ1n) is 8.81. The van der Waals surface area contributed by atoms with Gasteiger partial charge in [-0.2, -0.15) is 0 Å². The number of nitrogens with zero attached hydrogens (tertiary/aromatic N) is 1. The van der Waals surface area contributed by atoms with Crippen molar-refractivity contribution in [3.8, 4) is 5.75 Å². The van der Waals surface area contributed by atoms with Crippen molar-refractivity contribution in [2.45, 2.75) is 12.1 Å². The van der Waals surface area contributed by atoms with E-state index in [9.17, 15) is 9.59 Å². The summed E-state index contributed by atoms with van der Waals surface area (Å²) in [6.45, 7) is 0. The summed E-state index contributed by atoms with van der Waals surface area (Å²) in [7, 11) is 1.61. The summed E-state index contributed by atoms with van der Waals surface area (Å²) in [5.74, 6) is 0.567. The lowest BCUT2D eigenvalue weighted by Gasteiger charge is -2.05. The second-order valence-electron chi connectivity index (χ2n) is 6.47. The standard InChI is InChI=1S/C23H19NO3/c1-27-19-14-12-16(13-15-19)20-21(22(25)17-8-4-2-5-9-17)24(20)23(26)18-10-6-3-7-11-18/h2-15,20-21H,1H3/t20-,21+,24?/m1/s1. The highest BCUT2D eigenvalue weighted by molar-refractivity contribution is 6.08. The van der Waals surface area contributed by atoms with Gasteiger partial charge in [-0.15, -0.1) is 0 Å². The van der Waals surface area contributed by atoms with Crippen LogP contribution in [-0.4, -0.2) is 29.7 Å². The topological polar surface area (TPSA) is 46.4 Å². The van der Waals surface area contributed by atoms with Gasteiger partial charge in [-0.3, -0.25) is 9.59 Å². The van der Waals surface area contributed by atoms with Crippen molar-refractivity contribution in [3.63, 3.8) is 0 Å². The van der Waals surface area contributed by atoms with Crippen LogP contribution in [0.3, 0.4) is 0 Å². The van der Waals surface area contributed by atoms with Gasteiger partial charge in [0, 0.05) is 11.1 Å². The van der Waals surface area contributed by atoms with Crippen LogP contribution in [0.25, 0.3) is 0 Å². The molecule has 0 aliphatic carbocycles. The van der Waals surface area contributed by atoms with Crippen molar-refractivity contribution in [1.29, 1.82) is 0 Å². The number of hydrogen-bond donors (Lipinski definition) is 0. The Balaban J connectivity index is 1.67. The van der Waals surface area contributed by atoms with Gasteiger partial charge in [0.25, 0.3) is 5.91 Å². The van der Waals surface area contributed by atoms with E-state index in [1.807, 2.05) is 60.7 Å². The third kappa shape index (κ3) is 3.22. The number of ether oxygens (including phenoxy) is 1. The molecule has 1 heterocycles. The smallest absolute Gasteiger partial charge is 0.255 e. The monoisotopic (exact) mass is 357 g/mol. The predicted molar refractivity (Wildman–Crippen MR) is 103 cm³/mol. The maximum Gasteiger partial charge on any atom is 0.255 e. The summed E-state index contributed by atoms with van der Waals surface area (Å²) in [6.07, 6.45) is 0. The summed E-state index contributed by atoms with van der Waals surface area (Å²) in [5, 5.41) is 0. The number of hydrogen-bond acceptors (Lipinski definition) is 3. The molecule has 2 atom stereocenters. The minimum absolute atomic E-state index is 0.0410. The first-order valence-corrected chi connectivity index (χ1v) is 8.81. The second kappa shape index (κ2) is 7.08. The van der Waals surface area contributed by atoms with E-state index in [0.29, 0.717) is 11.1 Å². The fraction of sp³-hybridized carbons (Fsp3) is 0.130. The molecule has 0 spiro atoms. The molecule has 134 valence electrons. The minimum Gasteiger partial charge on any atom is -0.497 e. The molecule has 4 rings (SSSR count). The summed E-state index contributed by atoms with van der Waals surface area (Å²) in [5.41, 5.74) is 2.12. The van der Waals surface area contributed by atoms with E-state index in [0.717, 1.165) is 11.3 Å². The number of rotatable bonds is 5. The maximum atomic E-state index is 13.0. The molecule has 1 fully saturated rings. The number of carbonyl (C=O) groups is 2. The van der Waals surface area contributed by atoms with Crippen LogP contribution in [0.5, 0.6) is 5.75 Å². The van der Waals surface area contributed by atoms with E-state index in [1.54, 1.807) is 36.3 Å². The lowest BCUT2D eigenvalue weighted by molar-refractivity contribution is 0.0833. The van der Waals surface area contributed by atoms with Crippen LogP contribution >= 0.6 is 0 Å². The molecule has 3 aromatic rings. The third-order valence-electron chi connectivity index (χ3n) is 4.85. The molecule has 1 aliphatic rings. The van der Waals surface area contributed by atoms with Gasteiger partial charge in [-0.1, -0.05) is 60.7 Å². The molecule has 0 saturated carbocycles. The van der Waals surface area contributed by atoms with Crippen LogP contribution in [0.15, 0.2) is 84.9 Å². The van der Waals surface area contributed by atoms with Gasteiger partial charge in [-0.05, 0) is 29.8 Å². The first kappa shape index (κ1) is 17.0. The van der Waals surface area contributed by atoms with E-state index in [4.69, 9.17) is 4.74 Å². The van der Waals surface area contributed by atoms with Gasteiger partial charge >= 0.3 is 0 Å². The molecule has 0 unspecified atom stereocenters. The zero-order valence-corrected chi connectivity index (χ0v) is 14.9. The summed E-state index contributed by atoms with van der Waals surface area (Å²) < 4.78 is 5.21. The van der Waals surface area contributed by atoms with Crippen molar-refractivity contribution >= 4 is 11.7 Å². The highest BCUT2D eigenvalue weighted by atomic mass is 16.5. The highest BCUT2D eigenvalue weighted by Gasteiger charge is 2.56. The summed E-state index contributed by atoms with van der Waals surface area (Å²) >= 11 is 0. The Morgan fingerprint density at radius 1 is 0.778 bits per heavy atom. The Bertz CT molecular complexity index is 894. The molecule has 1 aliphatic heterocycles. The first-order chi connectivity index (χ1) is 13.2. The van der Waals surface area contributed by atoms with Crippen LogP contribution in [0.1, 0.15) is 32.3 Å². The third-order valence-corrected chi connectivity index (χ3v) is 4.85. The van der Waals surface area contributed by atoms with Crippen LogP contribution in [0, 0.1) is 0 Å². The average Bonchev–Trinajstić information content (AvgIpc) is 3.49. The average molecular weight is 357 g/mol. The van der Waals surface area contributed by atoms with Crippen molar-refractivity contribution in [3.05, 3.63) is 102 Å². The van der Waals surface area contributed by atoms with Gasteiger partial charge in [0.1, 0.15) is 11.8 Å². The zero-order chi connectivity index (χ0) is 18.8. The summed E-state index contributed by atoms with van der Waals surface area (Å²) in [6, 6.07) is 24.9. The van der Waals surface area contributed by atoms with Gasteiger partial charge in [0.15, 0.2) is 5.78 Å². The Morgan fingerprint density at radius 2 is 1.33 bits per heavy atom. The van der Waals surface area contributed by atoms with Crippen molar-refractivity contribution in [2.75, 3.05) is 7.11 Å².